The third kappa shape index (κ3) is 3.62. The lowest BCUT2D eigenvalue weighted by molar-refractivity contribution is -0.176. The lowest BCUT2D eigenvalue weighted by atomic mass is 9.64. The maximum Gasteiger partial charge on any atom is 0.344 e. The monoisotopic (exact) mass is 416 g/mol. The van der Waals surface area contributed by atoms with Crippen LogP contribution in [0.5, 0.6) is 0 Å². The Hall–Kier alpha value is -1.32. The summed E-state index contributed by atoms with van der Waals surface area (Å²) < 4.78 is 11.3. The molecule has 30 heavy (non-hydrogen) atoms. The molecule has 0 N–H and O–H groups in total. The number of hydrogen-bond donors (Lipinski definition) is 0. The first kappa shape index (κ1) is 21.9. The van der Waals surface area contributed by atoms with Gasteiger partial charge in [0.1, 0.15) is 5.60 Å². The molecule has 0 aromatic rings. The van der Waals surface area contributed by atoms with Gasteiger partial charge in [-0.3, -0.25) is 4.79 Å². The molecular formula is C26H40O4. The summed E-state index contributed by atoms with van der Waals surface area (Å²) in [6.45, 7) is 15.5. The van der Waals surface area contributed by atoms with Crippen LogP contribution in [0.2, 0.25) is 0 Å². The van der Waals surface area contributed by atoms with E-state index in [1.807, 2.05) is 27.7 Å². The fraction of sp³-hybridized carbons (Fsp3) is 0.846. The second-order valence-corrected chi connectivity index (χ2v) is 12.3. The summed E-state index contributed by atoms with van der Waals surface area (Å²) in [4.78, 5) is 25.2. The Morgan fingerprint density at radius 2 is 1.60 bits per heavy atom. The van der Waals surface area contributed by atoms with Gasteiger partial charge in [-0.1, -0.05) is 32.9 Å². The van der Waals surface area contributed by atoms with Crippen LogP contribution in [0.3, 0.4) is 0 Å². The minimum Gasteiger partial charge on any atom is -0.457 e. The van der Waals surface area contributed by atoms with Crippen molar-refractivity contribution in [2.75, 3.05) is 6.61 Å². The van der Waals surface area contributed by atoms with Crippen molar-refractivity contribution in [2.24, 2.45) is 52.8 Å². The van der Waals surface area contributed by atoms with Crippen LogP contribution in [0.1, 0.15) is 73.6 Å². The lowest BCUT2D eigenvalue weighted by Crippen LogP contribution is -2.45. The Balaban J connectivity index is 1.33. The summed E-state index contributed by atoms with van der Waals surface area (Å²) in [5.74, 6) is 4.42. The van der Waals surface area contributed by atoms with E-state index in [0.717, 1.165) is 35.2 Å². The van der Waals surface area contributed by atoms with Gasteiger partial charge in [-0.25, -0.2) is 4.79 Å². The highest BCUT2D eigenvalue weighted by atomic mass is 16.6. The standard InChI is InChI=1S/C26H40O4/c1-14(2)23(25(3,4)5)24(28)29-13-20(27)30-26(6,7)19-12-17-11-18(19)22-16-9-8-15(10-16)21(17)22/h15-19,21-23H,1,8-13H2,2-7H3. The largest absolute Gasteiger partial charge is 0.457 e. The molecule has 4 saturated carbocycles. The summed E-state index contributed by atoms with van der Waals surface area (Å²) in [6, 6.07) is 0. The van der Waals surface area contributed by atoms with E-state index in [9.17, 15) is 9.59 Å². The van der Waals surface area contributed by atoms with Gasteiger partial charge in [0.05, 0.1) is 5.92 Å². The second-order valence-electron chi connectivity index (χ2n) is 12.3. The van der Waals surface area contributed by atoms with Crippen LogP contribution in [-0.4, -0.2) is 24.1 Å². The molecule has 8 atom stereocenters. The van der Waals surface area contributed by atoms with Gasteiger partial charge >= 0.3 is 11.9 Å². The van der Waals surface area contributed by atoms with Gasteiger partial charge in [0, 0.05) is 5.92 Å². The van der Waals surface area contributed by atoms with Crippen molar-refractivity contribution in [1.82, 2.24) is 0 Å². The number of carbonyl (C=O) groups excluding carboxylic acids is 2. The van der Waals surface area contributed by atoms with Crippen molar-refractivity contribution < 1.29 is 19.1 Å². The quantitative estimate of drug-likeness (QED) is 0.330. The first-order valence-electron chi connectivity index (χ1n) is 11.9. The maximum absolute atomic E-state index is 12.6. The van der Waals surface area contributed by atoms with Crippen LogP contribution in [-0.2, 0) is 19.1 Å². The Bertz CT molecular complexity index is 730. The van der Waals surface area contributed by atoms with Crippen molar-refractivity contribution in [1.29, 1.82) is 0 Å². The molecule has 0 aliphatic heterocycles. The average molecular weight is 417 g/mol. The molecule has 4 heteroatoms. The molecule has 4 rings (SSSR count). The molecule has 0 spiro atoms. The molecule has 168 valence electrons. The molecule has 0 aromatic heterocycles. The van der Waals surface area contributed by atoms with Gasteiger partial charge < -0.3 is 9.47 Å². The summed E-state index contributed by atoms with van der Waals surface area (Å²) in [7, 11) is 0. The van der Waals surface area contributed by atoms with Crippen molar-refractivity contribution in [3.63, 3.8) is 0 Å². The molecule has 4 aliphatic rings. The molecule has 0 aromatic carbocycles. The van der Waals surface area contributed by atoms with Crippen molar-refractivity contribution in [3.8, 4) is 0 Å². The van der Waals surface area contributed by atoms with Gasteiger partial charge in [-0.05, 0) is 93.8 Å². The SMILES string of the molecule is C=C(C)C(C(=O)OCC(=O)OC(C)(C)C1CC2CC1C1C3CCC(C3)C21)C(C)(C)C. The highest BCUT2D eigenvalue weighted by molar-refractivity contribution is 5.80. The summed E-state index contributed by atoms with van der Waals surface area (Å²) in [5.41, 5.74) is -0.0524. The molecule has 0 saturated heterocycles. The third-order valence-corrected chi connectivity index (χ3v) is 8.93. The van der Waals surface area contributed by atoms with Crippen LogP contribution in [0.4, 0.5) is 0 Å². The van der Waals surface area contributed by atoms with Crippen LogP contribution in [0.15, 0.2) is 12.2 Å². The number of ether oxygens (including phenoxy) is 2. The Morgan fingerprint density at radius 3 is 2.20 bits per heavy atom. The van der Waals surface area contributed by atoms with Crippen LogP contribution >= 0.6 is 0 Å². The van der Waals surface area contributed by atoms with Crippen molar-refractivity contribution in [3.05, 3.63) is 12.2 Å². The van der Waals surface area contributed by atoms with E-state index in [0.29, 0.717) is 11.8 Å². The average Bonchev–Trinajstić information content (AvgIpc) is 3.36. The number of fused-ring (bicyclic) bond motifs is 9. The zero-order valence-corrected chi connectivity index (χ0v) is 19.7. The minimum atomic E-state index is -0.506. The van der Waals surface area contributed by atoms with Gasteiger partial charge in [-0.15, -0.1) is 0 Å². The van der Waals surface area contributed by atoms with Crippen LogP contribution < -0.4 is 0 Å². The first-order chi connectivity index (χ1) is 13.9. The summed E-state index contributed by atoms with van der Waals surface area (Å²) in [5, 5.41) is 0. The predicted octanol–water partition coefficient (Wildman–Crippen LogP) is 5.41. The van der Waals surface area contributed by atoms with Gasteiger partial charge in [-0.2, -0.15) is 0 Å². The highest BCUT2D eigenvalue weighted by Crippen LogP contribution is 2.70. The topological polar surface area (TPSA) is 52.6 Å². The number of carbonyl (C=O) groups is 2. The second kappa shape index (κ2) is 7.38. The Morgan fingerprint density at radius 1 is 0.967 bits per heavy atom. The molecule has 0 amide bonds. The van der Waals surface area contributed by atoms with Crippen LogP contribution in [0.25, 0.3) is 0 Å². The lowest BCUT2D eigenvalue weighted by Gasteiger charge is -2.44. The zero-order chi connectivity index (χ0) is 22.0. The fourth-order valence-corrected chi connectivity index (χ4v) is 8.27. The molecule has 8 unspecified atom stereocenters. The number of hydrogen-bond acceptors (Lipinski definition) is 4. The minimum absolute atomic E-state index is 0.299. The van der Waals surface area contributed by atoms with E-state index in [-0.39, 0.29) is 12.0 Å². The molecular weight excluding hydrogens is 376 g/mol. The molecule has 4 fully saturated rings. The van der Waals surface area contributed by atoms with Crippen molar-refractivity contribution >= 4 is 11.9 Å². The van der Waals surface area contributed by atoms with Crippen molar-refractivity contribution in [2.45, 2.75) is 79.2 Å². The van der Waals surface area contributed by atoms with Gasteiger partial charge in [0.15, 0.2) is 6.61 Å². The molecule has 4 aliphatic carbocycles. The molecule has 0 heterocycles. The number of esters is 2. The number of rotatable bonds is 6. The van der Waals surface area contributed by atoms with Gasteiger partial charge in [0.2, 0.25) is 0 Å². The predicted molar refractivity (Wildman–Crippen MR) is 116 cm³/mol. The van der Waals surface area contributed by atoms with E-state index in [4.69, 9.17) is 9.47 Å². The smallest absolute Gasteiger partial charge is 0.344 e. The molecule has 4 bridgehead atoms. The highest BCUT2D eigenvalue weighted by Gasteiger charge is 2.64. The zero-order valence-electron chi connectivity index (χ0n) is 19.7. The van der Waals surface area contributed by atoms with E-state index in [1.165, 1.54) is 32.1 Å². The van der Waals surface area contributed by atoms with E-state index < -0.39 is 23.5 Å². The Labute approximate surface area is 182 Å². The summed E-state index contributed by atoms with van der Waals surface area (Å²) >= 11 is 0. The maximum atomic E-state index is 12.6. The normalized spacial score (nSPS) is 37.7. The molecule has 4 nitrogen and oxygen atoms in total. The van der Waals surface area contributed by atoms with Crippen LogP contribution in [0, 0.1) is 52.8 Å². The summed E-state index contributed by atoms with van der Waals surface area (Å²) in [6.07, 6.45) is 6.83. The van der Waals surface area contributed by atoms with Gasteiger partial charge in [0.25, 0.3) is 0 Å². The van der Waals surface area contributed by atoms with E-state index in [1.54, 1.807) is 0 Å². The first-order valence-corrected chi connectivity index (χ1v) is 11.9. The Kier molecular flexibility index (Phi) is 5.38. The van der Waals surface area contributed by atoms with E-state index in [2.05, 4.69) is 20.4 Å². The third-order valence-electron chi connectivity index (χ3n) is 8.93. The molecule has 0 radical (unpaired) electrons. The fourth-order valence-electron chi connectivity index (χ4n) is 8.27. The van der Waals surface area contributed by atoms with E-state index >= 15 is 0 Å².